The van der Waals surface area contributed by atoms with E-state index in [1.54, 1.807) is 30.3 Å². The molecular weight excluding hydrogens is 411 g/mol. The molecule has 1 heterocycles. The van der Waals surface area contributed by atoms with Crippen LogP contribution in [-0.2, 0) is 4.79 Å². The quantitative estimate of drug-likeness (QED) is 0.484. The number of para-hydroxylation sites is 1. The number of nitrogens with zero attached hydrogens (tertiary/aromatic N) is 3. The number of aromatic nitrogens is 3. The highest BCUT2D eigenvalue weighted by atomic mass is 35.5. The molecule has 0 saturated carbocycles. The van der Waals surface area contributed by atoms with Crippen molar-refractivity contribution in [1.29, 1.82) is 0 Å². The van der Waals surface area contributed by atoms with Gasteiger partial charge < -0.3 is 10.1 Å². The van der Waals surface area contributed by atoms with Crippen LogP contribution in [0.15, 0.2) is 60.7 Å². The molecule has 1 aromatic heterocycles. The van der Waals surface area contributed by atoms with E-state index < -0.39 is 0 Å². The highest BCUT2D eigenvalue weighted by Gasteiger charge is 2.12. The second-order valence-corrected chi connectivity index (χ2v) is 7.21. The van der Waals surface area contributed by atoms with Gasteiger partial charge in [0, 0.05) is 5.02 Å². The van der Waals surface area contributed by atoms with Gasteiger partial charge in [-0.05, 0) is 55.0 Å². The molecule has 0 radical (unpaired) electrons. The third-order valence-electron chi connectivity index (χ3n) is 4.23. The number of benzene rings is 3. The molecule has 0 saturated heterocycles. The Hall–Kier alpha value is -3.09. The van der Waals surface area contributed by atoms with Crippen molar-refractivity contribution < 1.29 is 9.53 Å². The van der Waals surface area contributed by atoms with Crippen LogP contribution in [0.2, 0.25) is 10.0 Å². The summed E-state index contributed by atoms with van der Waals surface area (Å²) in [5, 5.41) is 12.6. The minimum absolute atomic E-state index is 0.161. The van der Waals surface area contributed by atoms with Crippen LogP contribution in [0.5, 0.6) is 5.75 Å². The zero-order valence-electron chi connectivity index (χ0n) is 15.4. The number of nitrogens with one attached hydrogen (secondary N) is 1. The lowest BCUT2D eigenvalue weighted by Crippen LogP contribution is -2.20. The standard InChI is InChI=1S/C21H16Cl2N4O2/c1-13-9-15(7-8-16(13)22)29-12-21(28)24-18-11-20-19(10-17(18)23)25-27(26-20)14-5-3-2-4-6-14/h2-11H,12H2,1H3,(H,24,28). The van der Waals surface area contributed by atoms with Crippen LogP contribution in [0.1, 0.15) is 5.56 Å². The minimum Gasteiger partial charge on any atom is -0.484 e. The number of hydrogen-bond donors (Lipinski definition) is 1. The van der Waals surface area contributed by atoms with Crippen molar-refractivity contribution in [2.75, 3.05) is 11.9 Å². The summed E-state index contributed by atoms with van der Waals surface area (Å²) in [4.78, 5) is 13.8. The van der Waals surface area contributed by atoms with E-state index in [-0.39, 0.29) is 12.5 Å². The number of rotatable bonds is 5. The maximum atomic E-state index is 12.3. The number of carbonyl (C=O) groups excluding carboxylic acids is 1. The maximum absolute atomic E-state index is 12.3. The molecule has 1 N–H and O–H groups in total. The van der Waals surface area contributed by atoms with Crippen LogP contribution < -0.4 is 10.1 Å². The van der Waals surface area contributed by atoms with E-state index in [1.165, 1.54) is 4.80 Å². The fraction of sp³-hybridized carbons (Fsp3) is 0.0952. The molecule has 0 spiro atoms. The second-order valence-electron chi connectivity index (χ2n) is 6.39. The predicted octanol–water partition coefficient (Wildman–Crippen LogP) is 5.05. The van der Waals surface area contributed by atoms with Crippen LogP contribution in [0.4, 0.5) is 5.69 Å². The Morgan fingerprint density at radius 2 is 1.72 bits per heavy atom. The van der Waals surface area contributed by atoms with Crippen molar-refractivity contribution >= 4 is 45.8 Å². The van der Waals surface area contributed by atoms with Gasteiger partial charge in [-0.1, -0.05) is 41.4 Å². The van der Waals surface area contributed by atoms with Crippen LogP contribution >= 0.6 is 23.2 Å². The minimum atomic E-state index is -0.339. The van der Waals surface area contributed by atoms with Gasteiger partial charge in [0.05, 0.1) is 16.4 Å². The molecule has 0 unspecified atom stereocenters. The summed E-state index contributed by atoms with van der Waals surface area (Å²) in [5.74, 6) is 0.226. The lowest BCUT2D eigenvalue weighted by molar-refractivity contribution is -0.118. The van der Waals surface area contributed by atoms with Crippen LogP contribution in [-0.4, -0.2) is 27.5 Å². The van der Waals surface area contributed by atoms with Gasteiger partial charge in [0.15, 0.2) is 6.61 Å². The predicted molar refractivity (Wildman–Crippen MR) is 114 cm³/mol. The van der Waals surface area contributed by atoms with E-state index in [1.807, 2.05) is 37.3 Å². The zero-order valence-corrected chi connectivity index (χ0v) is 16.9. The molecule has 0 bridgehead atoms. The van der Waals surface area contributed by atoms with Gasteiger partial charge in [0.2, 0.25) is 0 Å². The summed E-state index contributed by atoms with van der Waals surface area (Å²) in [7, 11) is 0. The smallest absolute Gasteiger partial charge is 0.262 e. The molecule has 0 aliphatic carbocycles. The normalized spacial score (nSPS) is 10.9. The van der Waals surface area contributed by atoms with E-state index in [9.17, 15) is 4.79 Å². The molecule has 0 aliphatic rings. The van der Waals surface area contributed by atoms with Crippen molar-refractivity contribution in [3.8, 4) is 11.4 Å². The number of amides is 1. The fourth-order valence-electron chi connectivity index (χ4n) is 2.75. The van der Waals surface area contributed by atoms with E-state index in [2.05, 4.69) is 15.5 Å². The fourth-order valence-corrected chi connectivity index (χ4v) is 3.08. The van der Waals surface area contributed by atoms with Crippen molar-refractivity contribution in [1.82, 2.24) is 15.0 Å². The Kier molecular flexibility index (Phi) is 5.38. The molecule has 1 amide bonds. The van der Waals surface area contributed by atoms with Crippen LogP contribution in [0, 0.1) is 6.92 Å². The molecule has 4 rings (SSSR count). The molecular formula is C21H16Cl2N4O2. The maximum Gasteiger partial charge on any atom is 0.262 e. The highest BCUT2D eigenvalue weighted by molar-refractivity contribution is 6.34. The number of fused-ring (bicyclic) bond motifs is 1. The number of aryl methyl sites for hydroxylation is 1. The summed E-state index contributed by atoms with van der Waals surface area (Å²) in [6.45, 7) is 1.71. The highest BCUT2D eigenvalue weighted by Crippen LogP contribution is 2.27. The van der Waals surface area contributed by atoms with Gasteiger partial charge in [-0.25, -0.2) is 0 Å². The number of carbonyl (C=O) groups is 1. The Morgan fingerprint density at radius 3 is 2.45 bits per heavy atom. The molecule has 29 heavy (non-hydrogen) atoms. The van der Waals surface area contributed by atoms with Gasteiger partial charge in [-0.3, -0.25) is 4.79 Å². The SMILES string of the molecule is Cc1cc(OCC(=O)Nc2cc3nn(-c4ccccc4)nc3cc2Cl)ccc1Cl. The molecule has 6 nitrogen and oxygen atoms in total. The summed E-state index contributed by atoms with van der Waals surface area (Å²) < 4.78 is 5.52. The van der Waals surface area contributed by atoms with E-state index >= 15 is 0 Å². The average Bonchev–Trinajstić information content (AvgIpc) is 3.12. The third kappa shape index (κ3) is 4.34. The molecule has 0 atom stereocenters. The monoisotopic (exact) mass is 426 g/mol. The Balaban J connectivity index is 1.49. The molecule has 146 valence electrons. The van der Waals surface area contributed by atoms with E-state index in [0.29, 0.717) is 32.5 Å². The van der Waals surface area contributed by atoms with Crippen LogP contribution in [0.3, 0.4) is 0 Å². The lowest BCUT2D eigenvalue weighted by atomic mass is 10.2. The van der Waals surface area contributed by atoms with Gasteiger partial charge >= 0.3 is 0 Å². The topological polar surface area (TPSA) is 69.0 Å². The first-order valence-corrected chi connectivity index (χ1v) is 9.56. The Labute approximate surface area is 177 Å². The molecule has 0 fully saturated rings. The zero-order chi connectivity index (χ0) is 20.4. The van der Waals surface area contributed by atoms with Gasteiger partial charge in [-0.2, -0.15) is 4.80 Å². The first-order chi connectivity index (χ1) is 14.0. The van der Waals surface area contributed by atoms with E-state index in [0.717, 1.165) is 11.3 Å². The summed E-state index contributed by atoms with van der Waals surface area (Å²) in [6, 6.07) is 18.1. The number of ether oxygens (including phenoxy) is 1. The van der Waals surface area contributed by atoms with Crippen molar-refractivity contribution in [3.63, 3.8) is 0 Å². The summed E-state index contributed by atoms with van der Waals surface area (Å²) in [6.07, 6.45) is 0. The van der Waals surface area contributed by atoms with Crippen molar-refractivity contribution in [2.45, 2.75) is 6.92 Å². The average molecular weight is 427 g/mol. The Bertz CT molecular complexity index is 1190. The molecule has 4 aromatic rings. The second kappa shape index (κ2) is 8.11. The van der Waals surface area contributed by atoms with E-state index in [4.69, 9.17) is 27.9 Å². The first kappa shape index (κ1) is 19.2. The summed E-state index contributed by atoms with van der Waals surface area (Å²) in [5.41, 5.74) is 3.39. The molecule has 3 aromatic carbocycles. The number of anilines is 1. The van der Waals surface area contributed by atoms with Crippen molar-refractivity contribution in [3.05, 3.63) is 76.3 Å². The number of halogens is 2. The van der Waals surface area contributed by atoms with Gasteiger partial charge in [0.25, 0.3) is 5.91 Å². The lowest BCUT2D eigenvalue weighted by Gasteiger charge is -2.09. The largest absolute Gasteiger partial charge is 0.484 e. The Morgan fingerprint density at radius 1 is 1.00 bits per heavy atom. The molecule has 0 aliphatic heterocycles. The van der Waals surface area contributed by atoms with Crippen LogP contribution in [0.25, 0.3) is 16.7 Å². The first-order valence-electron chi connectivity index (χ1n) is 8.80. The third-order valence-corrected chi connectivity index (χ3v) is 4.97. The van der Waals surface area contributed by atoms with Crippen molar-refractivity contribution in [2.24, 2.45) is 0 Å². The number of hydrogen-bond acceptors (Lipinski definition) is 4. The summed E-state index contributed by atoms with van der Waals surface area (Å²) >= 11 is 12.3. The van der Waals surface area contributed by atoms with Gasteiger partial charge in [0.1, 0.15) is 16.8 Å². The molecule has 8 heteroatoms. The van der Waals surface area contributed by atoms with Gasteiger partial charge in [-0.15, -0.1) is 10.2 Å².